The van der Waals surface area contributed by atoms with E-state index in [0.717, 1.165) is 25.0 Å². The summed E-state index contributed by atoms with van der Waals surface area (Å²) in [5, 5.41) is 2.92. The van der Waals surface area contributed by atoms with Crippen LogP contribution >= 0.6 is 0 Å². The number of benzene rings is 1. The van der Waals surface area contributed by atoms with Crippen LogP contribution in [0, 0.1) is 6.92 Å². The Balaban J connectivity index is 1.99. The van der Waals surface area contributed by atoms with Crippen LogP contribution in [0.4, 0.5) is 5.69 Å². The lowest BCUT2D eigenvalue weighted by molar-refractivity contribution is 0.0206. The molecule has 0 bridgehead atoms. The van der Waals surface area contributed by atoms with Crippen LogP contribution in [0.3, 0.4) is 0 Å². The van der Waals surface area contributed by atoms with Gasteiger partial charge in [0.25, 0.3) is 5.91 Å². The minimum absolute atomic E-state index is 0.0953. The van der Waals surface area contributed by atoms with Crippen LogP contribution in [0.5, 0.6) is 0 Å². The van der Waals surface area contributed by atoms with Crippen molar-refractivity contribution >= 4 is 11.6 Å². The Kier molecular flexibility index (Phi) is 3.57. The Labute approximate surface area is 108 Å². The summed E-state index contributed by atoms with van der Waals surface area (Å²) in [4.78, 5) is 12.0. The molecular weight excluding hydrogens is 228 g/mol. The fraction of sp³-hybridized carbons (Fsp3) is 0.500. The molecule has 1 heterocycles. The highest BCUT2D eigenvalue weighted by molar-refractivity contribution is 5.95. The first-order valence-corrected chi connectivity index (χ1v) is 6.28. The van der Waals surface area contributed by atoms with Crippen molar-refractivity contribution in [3.05, 3.63) is 29.3 Å². The van der Waals surface area contributed by atoms with Crippen molar-refractivity contribution in [1.29, 1.82) is 0 Å². The van der Waals surface area contributed by atoms with E-state index in [1.165, 1.54) is 0 Å². The number of hydrogen-bond acceptors (Lipinski definition) is 3. The summed E-state index contributed by atoms with van der Waals surface area (Å²) in [6.07, 6.45) is 2.05. The Morgan fingerprint density at radius 1 is 1.50 bits per heavy atom. The van der Waals surface area contributed by atoms with Crippen LogP contribution in [0.25, 0.3) is 0 Å². The van der Waals surface area contributed by atoms with E-state index >= 15 is 0 Å². The fourth-order valence-corrected chi connectivity index (χ4v) is 2.29. The van der Waals surface area contributed by atoms with Crippen molar-refractivity contribution in [3.63, 3.8) is 0 Å². The Bertz CT molecular complexity index is 431. The van der Waals surface area contributed by atoms with Crippen LogP contribution in [-0.4, -0.2) is 24.7 Å². The number of anilines is 1. The molecule has 1 amide bonds. The maximum absolute atomic E-state index is 12.0. The first kappa shape index (κ1) is 12.9. The molecule has 1 saturated heterocycles. The Hall–Kier alpha value is -1.55. The van der Waals surface area contributed by atoms with E-state index in [9.17, 15) is 4.79 Å². The molecule has 18 heavy (non-hydrogen) atoms. The van der Waals surface area contributed by atoms with Gasteiger partial charge in [0, 0.05) is 24.4 Å². The molecule has 0 radical (unpaired) electrons. The molecule has 0 aliphatic carbocycles. The molecule has 3 N–H and O–H groups in total. The molecular formula is C14H20N2O2. The fourth-order valence-electron chi connectivity index (χ4n) is 2.29. The van der Waals surface area contributed by atoms with Gasteiger partial charge in [0.2, 0.25) is 0 Å². The molecule has 1 fully saturated rings. The van der Waals surface area contributed by atoms with E-state index in [1.807, 2.05) is 26.0 Å². The first-order chi connectivity index (χ1) is 8.48. The summed E-state index contributed by atoms with van der Waals surface area (Å²) >= 11 is 0. The first-order valence-electron chi connectivity index (χ1n) is 6.28. The molecule has 0 saturated carbocycles. The second-order valence-corrected chi connectivity index (χ2v) is 5.22. The molecule has 1 unspecified atom stereocenters. The van der Waals surface area contributed by atoms with Crippen LogP contribution in [0.1, 0.15) is 35.7 Å². The lowest BCUT2D eigenvalue weighted by atomic mass is 10.0. The molecule has 2 rings (SSSR count). The largest absolute Gasteiger partial charge is 0.399 e. The zero-order valence-electron chi connectivity index (χ0n) is 11.0. The normalized spacial score (nSPS) is 23.0. The van der Waals surface area contributed by atoms with E-state index in [-0.39, 0.29) is 11.5 Å². The summed E-state index contributed by atoms with van der Waals surface area (Å²) in [5.74, 6) is -0.0953. The van der Waals surface area contributed by atoms with Gasteiger partial charge in [-0.15, -0.1) is 0 Å². The minimum Gasteiger partial charge on any atom is -0.399 e. The van der Waals surface area contributed by atoms with E-state index in [1.54, 1.807) is 6.07 Å². The second-order valence-electron chi connectivity index (χ2n) is 5.22. The summed E-state index contributed by atoms with van der Waals surface area (Å²) < 4.78 is 5.63. The molecule has 1 aliphatic heterocycles. The number of ether oxygens (including phenoxy) is 1. The number of nitrogen functional groups attached to an aromatic ring is 1. The molecule has 98 valence electrons. The average molecular weight is 248 g/mol. The van der Waals surface area contributed by atoms with Gasteiger partial charge in [-0.25, -0.2) is 0 Å². The quantitative estimate of drug-likeness (QED) is 0.803. The van der Waals surface area contributed by atoms with Crippen LogP contribution in [0.2, 0.25) is 0 Å². The van der Waals surface area contributed by atoms with Gasteiger partial charge < -0.3 is 15.8 Å². The van der Waals surface area contributed by atoms with Gasteiger partial charge in [0.05, 0.1) is 5.60 Å². The van der Waals surface area contributed by atoms with Gasteiger partial charge in [0.15, 0.2) is 0 Å². The lowest BCUT2D eigenvalue weighted by Gasteiger charge is -2.23. The third-order valence-electron chi connectivity index (χ3n) is 3.29. The summed E-state index contributed by atoms with van der Waals surface area (Å²) in [5.41, 5.74) is 7.73. The predicted molar refractivity (Wildman–Crippen MR) is 71.5 cm³/mol. The van der Waals surface area contributed by atoms with Gasteiger partial charge >= 0.3 is 0 Å². The lowest BCUT2D eigenvalue weighted by Crippen LogP contribution is -2.40. The van der Waals surface area contributed by atoms with Crippen molar-refractivity contribution in [2.24, 2.45) is 0 Å². The average Bonchev–Trinajstić information content (AvgIpc) is 2.72. The molecule has 1 aromatic carbocycles. The summed E-state index contributed by atoms with van der Waals surface area (Å²) in [6.45, 7) is 5.28. The molecule has 0 aromatic heterocycles. The van der Waals surface area contributed by atoms with Gasteiger partial charge in [-0.3, -0.25) is 4.79 Å². The Morgan fingerprint density at radius 3 is 2.89 bits per heavy atom. The number of aryl methyl sites for hydroxylation is 1. The molecule has 1 atom stereocenters. The van der Waals surface area contributed by atoms with Crippen LogP contribution in [-0.2, 0) is 4.74 Å². The van der Waals surface area contributed by atoms with E-state index < -0.39 is 0 Å². The Morgan fingerprint density at radius 2 is 2.28 bits per heavy atom. The topological polar surface area (TPSA) is 64.4 Å². The molecule has 1 aliphatic rings. The van der Waals surface area contributed by atoms with Crippen LogP contribution in [0.15, 0.2) is 18.2 Å². The van der Waals surface area contributed by atoms with Gasteiger partial charge in [0.1, 0.15) is 0 Å². The molecule has 4 nitrogen and oxygen atoms in total. The van der Waals surface area contributed by atoms with Crippen molar-refractivity contribution < 1.29 is 9.53 Å². The van der Waals surface area contributed by atoms with Crippen molar-refractivity contribution in [2.75, 3.05) is 18.9 Å². The second kappa shape index (κ2) is 4.98. The van der Waals surface area contributed by atoms with E-state index in [2.05, 4.69) is 5.32 Å². The number of carbonyl (C=O) groups is 1. The van der Waals surface area contributed by atoms with Crippen LogP contribution < -0.4 is 11.1 Å². The number of carbonyl (C=O) groups excluding carboxylic acids is 1. The van der Waals surface area contributed by atoms with Crippen molar-refractivity contribution in [2.45, 2.75) is 32.3 Å². The molecule has 1 aromatic rings. The highest BCUT2D eigenvalue weighted by Crippen LogP contribution is 2.24. The SMILES string of the molecule is Cc1cc(N)cc(C(=O)NCC2(C)CCCO2)c1. The maximum atomic E-state index is 12.0. The highest BCUT2D eigenvalue weighted by Gasteiger charge is 2.30. The minimum atomic E-state index is -0.217. The van der Waals surface area contributed by atoms with Crippen molar-refractivity contribution in [3.8, 4) is 0 Å². The molecule has 4 heteroatoms. The van der Waals surface area contributed by atoms with Crippen molar-refractivity contribution in [1.82, 2.24) is 5.32 Å². The zero-order valence-corrected chi connectivity index (χ0v) is 11.0. The van der Waals surface area contributed by atoms with E-state index in [4.69, 9.17) is 10.5 Å². The highest BCUT2D eigenvalue weighted by atomic mass is 16.5. The summed E-state index contributed by atoms with van der Waals surface area (Å²) in [6, 6.07) is 5.38. The smallest absolute Gasteiger partial charge is 0.251 e. The number of nitrogens with two attached hydrogens (primary N) is 1. The summed E-state index contributed by atoms with van der Waals surface area (Å²) in [7, 11) is 0. The van der Waals surface area contributed by atoms with E-state index in [0.29, 0.717) is 17.8 Å². The maximum Gasteiger partial charge on any atom is 0.251 e. The predicted octanol–water partition coefficient (Wildman–Crippen LogP) is 1.88. The number of rotatable bonds is 3. The van der Waals surface area contributed by atoms with Gasteiger partial charge in [-0.1, -0.05) is 0 Å². The van der Waals surface area contributed by atoms with Gasteiger partial charge in [-0.2, -0.15) is 0 Å². The number of amides is 1. The third-order valence-corrected chi connectivity index (χ3v) is 3.29. The zero-order chi connectivity index (χ0) is 13.2. The van der Waals surface area contributed by atoms with Gasteiger partial charge in [-0.05, 0) is 50.5 Å². The monoisotopic (exact) mass is 248 g/mol. The number of hydrogen-bond donors (Lipinski definition) is 2. The number of nitrogens with one attached hydrogen (secondary N) is 1. The third kappa shape index (κ3) is 3.01. The standard InChI is InChI=1S/C14H20N2O2/c1-10-6-11(8-12(15)7-10)13(17)16-9-14(2)4-3-5-18-14/h6-8H,3-5,9,15H2,1-2H3,(H,16,17). The molecule has 0 spiro atoms.